The van der Waals surface area contributed by atoms with Gasteiger partial charge in [0, 0.05) is 12.6 Å². The maximum Gasteiger partial charge on any atom is 0.244 e. The number of nitrogens with one attached hydrogen (secondary N) is 1. The minimum atomic E-state index is -0.180. The third-order valence-corrected chi connectivity index (χ3v) is 4.24. The van der Waals surface area contributed by atoms with E-state index in [-0.39, 0.29) is 11.7 Å². The smallest absolute Gasteiger partial charge is 0.244 e. The first kappa shape index (κ1) is 13.8. The van der Waals surface area contributed by atoms with Crippen molar-refractivity contribution in [2.24, 2.45) is 5.92 Å². The zero-order chi connectivity index (χ0) is 13.5. The van der Waals surface area contributed by atoms with Crippen molar-refractivity contribution in [1.29, 1.82) is 0 Å². The second-order valence-corrected chi connectivity index (χ2v) is 6.44. The van der Waals surface area contributed by atoms with Crippen LogP contribution in [0.2, 0.25) is 0 Å². The predicted octanol–water partition coefficient (Wildman–Crippen LogP) is 1.27. The third-order valence-electron chi connectivity index (χ3n) is 4.24. The first-order valence-electron chi connectivity index (χ1n) is 7.16. The standard InChI is InChI=1S/C14H27N3O/c1-6-12-15-14(7-8-14)13(18)17(12)11(10(2)3)9-16(4)5/h10-12,15H,6-9H2,1-5H3. The molecule has 1 spiro atoms. The van der Waals surface area contributed by atoms with Gasteiger partial charge in [0.25, 0.3) is 0 Å². The topological polar surface area (TPSA) is 35.6 Å². The molecule has 1 heterocycles. The van der Waals surface area contributed by atoms with E-state index in [4.69, 9.17) is 0 Å². The lowest BCUT2D eigenvalue weighted by Crippen LogP contribution is -2.51. The van der Waals surface area contributed by atoms with E-state index >= 15 is 0 Å². The molecule has 1 N–H and O–H groups in total. The van der Waals surface area contributed by atoms with Crippen LogP contribution >= 0.6 is 0 Å². The number of nitrogens with zero attached hydrogens (tertiary/aromatic N) is 2. The zero-order valence-corrected chi connectivity index (χ0v) is 12.4. The van der Waals surface area contributed by atoms with Gasteiger partial charge in [0.2, 0.25) is 5.91 Å². The molecule has 18 heavy (non-hydrogen) atoms. The fraction of sp³-hybridized carbons (Fsp3) is 0.929. The van der Waals surface area contributed by atoms with Crippen LogP contribution < -0.4 is 5.32 Å². The van der Waals surface area contributed by atoms with Gasteiger partial charge >= 0.3 is 0 Å². The highest BCUT2D eigenvalue weighted by Gasteiger charge is 2.60. The van der Waals surface area contributed by atoms with Crippen LogP contribution in [0.5, 0.6) is 0 Å². The van der Waals surface area contributed by atoms with Gasteiger partial charge in [0.15, 0.2) is 0 Å². The monoisotopic (exact) mass is 253 g/mol. The lowest BCUT2D eigenvalue weighted by molar-refractivity contribution is -0.134. The molecular formula is C14H27N3O. The van der Waals surface area contributed by atoms with Gasteiger partial charge in [0.1, 0.15) is 0 Å². The van der Waals surface area contributed by atoms with Crippen molar-refractivity contribution < 1.29 is 4.79 Å². The number of carbonyl (C=O) groups excluding carboxylic acids is 1. The second-order valence-electron chi connectivity index (χ2n) is 6.44. The highest BCUT2D eigenvalue weighted by Crippen LogP contribution is 2.43. The van der Waals surface area contributed by atoms with Crippen LogP contribution in [0.25, 0.3) is 0 Å². The Kier molecular flexibility index (Phi) is 3.70. The summed E-state index contributed by atoms with van der Waals surface area (Å²) in [5.41, 5.74) is -0.180. The molecule has 4 heteroatoms. The van der Waals surface area contributed by atoms with E-state index in [1.54, 1.807) is 0 Å². The van der Waals surface area contributed by atoms with Crippen molar-refractivity contribution in [1.82, 2.24) is 15.1 Å². The first-order chi connectivity index (χ1) is 8.41. The van der Waals surface area contributed by atoms with Crippen LogP contribution in [-0.2, 0) is 4.79 Å². The average Bonchev–Trinajstić information content (AvgIpc) is 3.00. The summed E-state index contributed by atoms with van der Waals surface area (Å²) >= 11 is 0. The summed E-state index contributed by atoms with van der Waals surface area (Å²) in [6, 6.07) is 0.310. The van der Waals surface area contributed by atoms with Crippen LogP contribution in [0, 0.1) is 5.92 Å². The van der Waals surface area contributed by atoms with E-state index in [0.717, 1.165) is 25.8 Å². The Balaban J connectivity index is 2.19. The van der Waals surface area contributed by atoms with E-state index in [0.29, 0.717) is 17.9 Å². The van der Waals surface area contributed by atoms with Crippen molar-refractivity contribution in [3.63, 3.8) is 0 Å². The second kappa shape index (κ2) is 4.82. The predicted molar refractivity (Wildman–Crippen MR) is 73.2 cm³/mol. The minimum Gasteiger partial charge on any atom is -0.321 e. The maximum atomic E-state index is 12.6. The quantitative estimate of drug-likeness (QED) is 0.801. The van der Waals surface area contributed by atoms with E-state index in [1.165, 1.54) is 0 Å². The van der Waals surface area contributed by atoms with Crippen molar-refractivity contribution in [2.75, 3.05) is 20.6 Å². The lowest BCUT2D eigenvalue weighted by atomic mass is 10.0. The van der Waals surface area contributed by atoms with Crippen LogP contribution in [0.3, 0.4) is 0 Å². The molecule has 0 aromatic heterocycles. The summed E-state index contributed by atoms with van der Waals surface area (Å²) in [6.07, 6.45) is 3.26. The third kappa shape index (κ3) is 2.28. The number of amides is 1. The van der Waals surface area contributed by atoms with Crippen molar-refractivity contribution in [3.05, 3.63) is 0 Å². The molecular weight excluding hydrogens is 226 g/mol. The Morgan fingerprint density at radius 1 is 1.44 bits per heavy atom. The highest BCUT2D eigenvalue weighted by atomic mass is 16.2. The first-order valence-corrected chi connectivity index (χ1v) is 7.16. The Hall–Kier alpha value is -0.610. The molecule has 1 aliphatic carbocycles. The summed E-state index contributed by atoms with van der Waals surface area (Å²) in [4.78, 5) is 17.0. The summed E-state index contributed by atoms with van der Waals surface area (Å²) in [6.45, 7) is 7.53. The van der Waals surface area contributed by atoms with Gasteiger partial charge < -0.3 is 9.80 Å². The van der Waals surface area contributed by atoms with Gasteiger partial charge in [-0.05, 0) is 39.3 Å². The Labute approximate surface area is 111 Å². The molecule has 2 rings (SSSR count). The summed E-state index contributed by atoms with van der Waals surface area (Å²) in [7, 11) is 4.16. The van der Waals surface area contributed by atoms with Gasteiger partial charge in [-0.2, -0.15) is 0 Å². The minimum absolute atomic E-state index is 0.180. The molecule has 0 bridgehead atoms. The SMILES string of the molecule is CCC1NC2(CC2)C(=O)N1C(CN(C)C)C(C)C. The molecule has 2 unspecified atom stereocenters. The fourth-order valence-electron chi connectivity index (χ4n) is 3.00. The molecule has 0 aromatic carbocycles. The lowest BCUT2D eigenvalue weighted by Gasteiger charge is -2.36. The van der Waals surface area contributed by atoms with Crippen molar-refractivity contribution in [3.8, 4) is 0 Å². The Morgan fingerprint density at radius 2 is 2.06 bits per heavy atom. The van der Waals surface area contributed by atoms with Crippen LogP contribution in [0.15, 0.2) is 0 Å². The summed E-state index contributed by atoms with van der Waals surface area (Å²) in [5, 5.41) is 3.56. The van der Waals surface area contributed by atoms with E-state index in [1.807, 2.05) is 0 Å². The molecule has 2 aliphatic rings. The molecule has 1 amide bonds. The number of hydrogen-bond acceptors (Lipinski definition) is 3. The Morgan fingerprint density at radius 3 is 2.44 bits per heavy atom. The van der Waals surface area contributed by atoms with Crippen molar-refractivity contribution >= 4 is 5.91 Å². The fourth-order valence-corrected chi connectivity index (χ4v) is 3.00. The number of likely N-dealkylation sites (N-methyl/N-ethyl adjacent to an activating group) is 1. The molecule has 1 saturated carbocycles. The van der Waals surface area contributed by atoms with E-state index < -0.39 is 0 Å². The van der Waals surface area contributed by atoms with Crippen LogP contribution in [0.4, 0.5) is 0 Å². The zero-order valence-electron chi connectivity index (χ0n) is 12.4. The molecule has 1 aliphatic heterocycles. The van der Waals surface area contributed by atoms with Gasteiger partial charge in [-0.25, -0.2) is 0 Å². The highest BCUT2D eigenvalue weighted by molar-refractivity contribution is 5.92. The maximum absolute atomic E-state index is 12.6. The molecule has 0 aromatic rings. The van der Waals surface area contributed by atoms with Gasteiger partial charge in [0.05, 0.1) is 11.7 Å². The summed E-state index contributed by atoms with van der Waals surface area (Å²) < 4.78 is 0. The van der Waals surface area contributed by atoms with E-state index in [2.05, 4.69) is 50.0 Å². The van der Waals surface area contributed by atoms with Gasteiger partial charge in [-0.3, -0.25) is 10.1 Å². The van der Waals surface area contributed by atoms with E-state index in [9.17, 15) is 4.79 Å². The molecule has 1 saturated heterocycles. The molecule has 104 valence electrons. The van der Waals surface area contributed by atoms with Gasteiger partial charge in [-0.15, -0.1) is 0 Å². The van der Waals surface area contributed by atoms with Crippen molar-refractivity contribution in [2.45, 2.75) is 57.8 Å². The van der Waals surface area contributed by atoms with Gasteiger partial charge in [-0.1, -0.05) is 20.8 Å². The molecule has 4 nitrogen and oxygen atoms in total. The normalized spacial score (nSPS) is 27.6. The van der Waals surface area contributed by atoms with Crippen LogP contribution in [0.1, 0.15) is 40.0 Å². The average molecular weight is 253 g/mol. The largest absolute Gasteiger partial charge is 0.321 e. The number of rotatable bonds is 5. The number of carbonyl (C=O) groups is 1. The summed E-state index contributed by atoms with van der Waals surface area (Å²) in [5.74, 6) is 0.830. The molecule has 2 fully saturated rings. The molecule has 0 radical (unpaired) electrons. The number of hydrogen-bond donors (Lipinski definition) is 1. The Bertz CT molecular complexity index is 323. The van der Waals surface area contributed by atoms with Crippen LogP contribution in [-0.4, -0.2) is 54.1 Å². The molecule has 2 atom stereocenters.